The lowest BCUT2D eigenvalue weighted by Crippen LogP contribution is -2.37. The predicted octanol–water partition coefficient (Wildman–Crippen LogP) is 2.66. The summed E-state index contributed by atoms with van der Waals surface area (Å²) in [7, 11) is 0. The zero-order chi connectivity index (χ0) is 13.7. The summed E-state index contributed by atoms with van der Waals surface area (Å²) in [5, 5.41) is 2.96. The van der Waals surface area contributed by atoms with Crippen LogP contribution in [0.1, 0.15) is 43.4 Å². The molecule has 19 heavy (non-hydrogen) atoms. The number of hydrogen-bond acceptors (Lipinski definition) is 2. The number of likely N-dealkylation sites (tertiary alicyclic amines) is 1. The monoisotopic (exact) mass is 260 g/mol. The molecule has 0 aliphatic carbocycles. The SMILES string of the molecule is CCCNC(=O)CN1CCCC1c1cccc(C)c1. The lowest BCUT2D eigenvalue weighted by Gasteiger charge is -2.24. The minimum Gasteiger partial charge on any atom is -0.355 e. The Labute approximate surface area is 116 Å². The molecular weight excluding hydrogens is 236 g/mol. The van der Waals surface area contributed by atoms with Gasteiger partial charge in [-0.1, -0.05) is 36.8 Å². The van der Waals surface area contributed by atoms with Crippen molar-refractivity contribution in [2.24, 2.45) is 0 Å². The molecule has 1 aromatic carbocycles. The summed E-state index contributed by atoms with van der Waals surface area (Å²) in [5.41, 5.74) is 2.64. The summed E-state index contributed by atoms with van der Waals surface area (Å²) < 4.78 is 0. The summed E-state index contributed by atoms with van der Waals surface area (Å²) in [4.78, 5) is 14.2. The largest absolute Gasteiger partial charge is 0.355 e. The van der Waals surface area contributed by atoms with E-state index in [4.69, 9.17) is 0 Å². The molecule has 1 N–H and O–H groups in total. The zero-order valence-corrected chi connectivity index (χ0v) is 12.0. The lowest BCUT2D eigenvalue weighted by atomic mass is 10.0. The fourth-order valence-corrected chi connectivity index (χ4v) is 2.78. The minimum absolute atomic E-state index is 0.154. The Morgan fingerprint density at radius 3 is 3.05 bits per heavy atom. The summed E-state index contributed by atoms with van der Waals surface area (Å²) in [5.74, 6) is 0.154. The van der Waals surface area contributed by atoms with Crippen LogP contribution in [0, 0.1) is 6.92 Å². The number of rotatable bonds is 5. The number of aryl methyl sites for hydroxylation is 1. The number of benzene rings is 1. The third-order valence-electron chi connectivity index (χ3n) is 3.71. The second-order valence-corrected chi connectivity index (χ2v) is 5.39. The molecule has 0 bridgehead atoms. The van der Waals surface area contributed by atoms with Crippen molar-refractivity contribution in [3.63, 3.8) is 0 Å². The number of carbonyl (C=O) groups is 1. The first kappa shape index (κ1) is 14.1. The first-order valence-corrected chi connectivity index (χ1v) is 7.28. The van der Waals surface area contributed by atoms with Gasteiger partial charge in [0.25, 0.3) is 0 Å². The summed E-state index contributed by atoms with van der Waals surface area (Å²) in [6, 6.07) is 9.06. The Bertz CT molecular complexity index is 431. The van der Waals surface area contributed by atoms with Crippen LogP contribution in [0.5, 0.6) is 0 Å². The van der Waals surface area contributed by atoms with Crippen molar-refractivity contribution in [1.82, 2.24) is 10.2 Å². The van der Waals surface area contributed by atoms with Gasteiger partial charge in [0, 0.05) is 12.6 Å². The van der Waals surface area contributed by atoms with Crippen LogP contribution >= 0.6 is 0 Å². The van der Waals surface area contributed by atoms with Gasteiger partial charge in [0.1, 0.15) is 0 Å². The van der Waals surface area contributed by atoms with Gasteiger partial charge < -0.3 is 5.32 Å². The topological polar surface area (TPSA) is 32.3 Å². The van der Waals surface area contributed by atoms with Crippen LogP contribution < -0.4 is 5.32 Å². The van der Waals surface area contributed by atoms with E-state index in [9.17, 15) is 4.79 Å². The number of amides is 1. The average molecular weight is 260 g/mol. The third-order valence-corrected chi connectivity index (χ3v) is 3.71. The highest BCUT2D eigenvalue weighted by molar-refractivity contribution is 5.78. The second kappa shape index (κ2) is 6.71. The molecule has 1 unspecified atom stereocenters. The van der Waals surface area contributed by atoms with E-state index in [1.165, 1.54) is 17.5 Å². The van der Waals surface area contributed by atoms with Crippen LogP contribution in [0.4, 0.5) is 0 Å². The molecule has 1 fully saturated rings. The molecule has 3 heteroatoms. The van der Waals surface area contributed by atoms with Crippen LogP contribution in [0.25, 0.3) is 0 Å². The number of carbonyl (C=O) groups excluding carboxylic acids is 1. The van der Waals surface area contributed by atoms with Gasteiger partial charge in [-0.05, 0) is 38.3 Å². The summed E-state index contributed by atoms with van der Waals surface area (Å²) in [6.45, 7) is 6.53. The smallest absolute Gasteiger partial charge is 0.234 e. The van der Waals surface area contributed by atoms with Crippen molar-refractivity contribution in [2.75, 3.05) is 19.6 Å². The van der Waals surface area contributed by atoms with E-state index in [1.54, 1.807) is 0 Å². The number of nitrogens with one attached hydrogen (secondary N) is 1. The van der Waals surface area contributed by atoms with Gasteiger partial charge in [-0.15, -0.1) is 0 Å². The Kier molecular flexibility index (Phi) is 4.97. The van der Waals surface area contributed by atoms with E-state index in [-0.39, 0.29) is 5.91 Å². The highest BCUT2D eigenvalue weighted by atomic mass is 16.2. The molecule has 2 rings (SSSR count). The molecule has 0 spiro atoms. The standard InChI is InChI=1S/C16H24N2O/c1-3-9-17-16(19)12-18-10-5-8-15(18)14-7-4-6-13(2)11-14/h4,6-7,11,15H,3,5,8-10,12H2,1-2H3,(H,17,19). The van der Waals surface area contributed by atoms with Crippen molar-refractivity contribution in [3.05, 3.63) is 35.4 Å². The van der Waals surface area contributed by atoms with E-state index in [0.29, 0.717) is 12.6 Å². The van der Waals surface area contributed by atoms with Crippen LogP contribution in [-0.4, -0.2) is 30.4 Å². The maximum absolute atomic E-state index is 11.8. The van der Waals surface area contributed by atoms with Crippen LogP contribution in [-0.2, 0) is 4.79 Å². The lowest BCUT2D eigenvalue weighted by molar-refractivity contribution is -0.122. The Hall–Kier alpha value is -1.35. The van der Waals surface area contributed by atoms with Crippen LogP contribution in [0.3, 0.4) is 0 Å². The van der Waals surface area contributed by atoms with Gasteiger partial charge in [-0.3, -0.25) is 9.69 Å². The maximum Gasteiger partial charge on any atom is 0.234 e. The second-order valence-electron chi connectivity index (χ2n) is 5.39. The van der Waals surface area contributed by atoms with Crippen molar-refractivity contribution in [1.29, 1.82) is 0 Å². The highest BCUT2D eigenvalue weighted by Crippen LogP contribution is 2.31. The summed E-state index contributed by atoms with van der Waals surface area (Å²) in [6.07, 6.45) is 3.33. The molecule has 1 heterocycles. The van der Waals surface area contributed by atoms with Gasteiger partial charge in [0.05, 0.1) is 6.54 Å². The molecule has 1 atom stereocenters. The molecule has 0 radical (unpaired) electrons. The Morgan fingerprint density at radius 1 is 1.47 bits per heavy atom. The number of nitrogens with zero attached hydrogens (tertiary/aromatic N) is 1. The van der Waals surface area contributed by atoms with E-state index in [1.807, 2.05) is 0 Å². The van der Waals surface area contributed by atoms with Crippen molar-refractivity contribution in [2.45, 2.75) is 39.2 Å². The highest BCUT2D eigenvalue weighted by Gasteiger charge is 2.27. The molecule has 1 aliphatic rings. The zero-order valence-electron chi connectivity index (χ0n) is 12.0. The Morgan fingerprint density at radius 2 is 2.32 bits per heavy atom. The van der Waals surface area contributed by atoms with Gasteiger partial charge in [-0.2, -0.15) is 0 Å². The van der Waals surface area contributed by atoms with Crippen molar-refractivity contribution in [3.8, 4) is 0 Å². The summed E-state index contributed by atoms with van der Waals surface area (Å²) >= 11 is 0. The molecule has 104 valence electrons. The average Bonchev–Trinajstić information content (AvgIpc) is 2.84. The van der Waals surface area contributed by atoms with Gasteiger partial charge in [-0.25, -0.2) is 0 Å². The molecule has 1 amide bonds. The van der Waals surface area contributed by atoms with Crippen LogP contribution in [0.2, 0.25) is 0 Å². The van der Waals surface area contributed by atoms with Gasteiger partial charge in [0.15, 0.2) is 0 Å². The third kappa shape index (κ3) is 3.80. The fourth-order valence-electron chi connectivity index (χ4n) is 2.78. The molecule has 0 aromatic heterocycles. The first-order valence-electron chi connectivity index (χ1n) is 7.28. The van der Waals surface area contributed by atoms with E-state index in [0.717, 1.165) is 25.9 Å². The molecule has 1 saturated heterocycles. The van der Waals surface area contributed by atoms with Gasteiger partial charge in [0.2, 0.25) is 5.91 Å². The molecular formula is C16H24N2O. The van der Waals surface area contributed by atoms with E-state index in [2.05, 4.69) is 48.3 Å². The Balaban J connectivity index is 1.99. The minimum atomic E-state index is 0.154. The van der Waals surface area contributed by atoms with Crippen LogP contribution in [0.15, 0.2) is 24.3 Å². The van der Waals surface area contributed by atoms with E-state index >= 15 is 0 Å². The molecule has 0 saturated carbocycles. The predicted molar refractivity (Wildman–Crippen MR) is 78.0 cm³/mol. The molecule has 3 nitrogen and oxygen atoms in total. The number of hydrogen-bond donors (Lipinski definition) is 1. The fraction of sp³-hybridized carbons (Fsp3) is 0.562. The first-order chi connectivity index (χ1) is 9.20. The van der Waals surface area contributed by atoms with E-state index < -0.39 is 0 Å². The van der Waals surface area contributed by atoms with Crippen molar-refractivity contribution >= 4 is 5.91 Å². The van der Waals surface area contributed by atoms with Crippen molar-refractivity contribution < 1.29 is 4.79 Å². The maximum atomic E-state index is 11.8. The van der Waals surface area contributed by atoms with Gasteiger partial charge >= 0.3 is 0 Å². The molecule has 1 aliphatic heterocycles. The normalized spacial score (nSPS) is 19.6. The molecule has 1 aromatic rings. The quantitative estimate of drug-likeness (QED) is 0.882.